The molecule has 0 fully saturated rings. The summed E-state index contributed by atoms with van der Waals surface area (Å²) in [5.41, 5.74) is 4.95. The van der Waals surface area contributed by atoms with Crippen LogP contribution in [0.5, 0.6) is 0 Å². The Morgan fingerprint density at radius 3 is 2.77 bits per heavy atom. The monoisotopic (exact) mass is 344 g/mol. The molecule has 2 nitrogen and oxygen atoms in total. The minimum Gasteiger partial charge on any atom is -0.336 e. The third-order valence-corrected chi connectivity index (χ3v) is 4.40. The molecule has 2 rings (SSSR count). The molecule has 0 amide bonds. The van der Waals surface area contributed by atoms with Crippen molar-refractivity contribution in [3.8, 4) is 11.8 Å². The lowest BCUT2D eigenvalue weighted by Gasteiger charge is -2.12. The Morgan fingerprint density at radius 1 is 1.23 bits per heavy atom. The van der Waals surface area contributed by atoms with E-state index in [-0.39, 0.29) is 0 Å². The minimum absolute atomic E-state index is 0.917. The fourth-order valence-electron chi connectivity index (χ4n) is 2.45. The van der Waals surface area contributed by atoms with Gasteiger partial charge in [-0.15, -0.1) is 0 Å². The van der Waals surface area contributed by atoms with Crippen molar-refractivity contribution in [2.45, 2.75) is 40.0 Å². The summed E-state index contributed by atoms with van der Waals surface area (Å²) >= 11 is 0. The molecule has 1 aromatic heterocycles. The number of hydrogen-bond donors (Lipinski definition) is 0. The van der Waals surface area contributed by atoms with Crippen molar-refractivity contribution in [2.24, 2.45) is 0 Å². The summed E-state index contributed by atoms with van der Waals surface area (Å²) in [6, 6.07) is 5.91. The van der Waals surface area contributed by atoms with Gasteiger partial charge in [0.15, 0.2) is 0 Å². The third-order valence-electron chi connectivity index (χ3n) is 4.40. The molecule has 0 saturated heterocycles. The minimum atomic E-state index is 0.917. The topological polar surface area (TPSA) is 16.1 Å². The van der Waals surface area contributed by atoms with Gasteiger partial charge in [-0.1, -0.05) is 60.3 Å². The summed E-state index contributed by atoms with van der Waals surface area (Å²) in [5.74, 6) is 7.68. The molecule has 0 spiro atoms. The summed E-state index contributed by atoms with van der Waals surface area (Å²) in [6.45, 7) is 6.48. The van der Waals surface area contributed by atoms with Gasteiger partial charge in [0.1, 0.15) is 5.82 Å². The van der Waals surface area contributed by atoms with Crippen molar-refractivity contribution in [3.63, 3.8) is 0 Å². The summed E-state index contributed by atoms with van der Waals surface area (Å²) in [6.07, 6.45) is 17.4. The molecule has 0 radical (unpaired) electrons. The zero-order chi connectivity index (χ0) is 18.8. The van der Waals surface area contributed by atoms with Crippen LogP contribution in [0.15, 0.2) is 83.3 Å². The van der Waals surface area contributed by atoms with Gasteiger partial charge in [0.2, 0.25) is 0 Å². The zero-order valence-electron chi connectivity index (χ0n) is 16.3. The molecule has 0 N–H and O–H groups in total. The molecule has 0 aromatic carbocycles. The third kappa shape index (κ3) is 6.26. The maximum atomic E-state index is 4.37. The van der Waals surface area contributed by atoms with Crippen molar-refractivity contribution >= 4 is 5.82 Å². The maximum absolute atomic E-state index is 4.37. The summed E-state index contributed by atoms with van der Waals surface area (Å²) < 4.78 is 0. The predicted molar refractivity (Wildman–Crippen MR) is 113 cm³/mol. The first-order chi connectivity index (χ1) is 12.6. The Kier molecular flexibility index (Phi) is 7.71. The Labute approximate surface area is 158 Å². The van der Waals surface area contributed by atoms with Gasteiger partial charge in [-0.2, -0.15) is 0 Å². The fraction of sp³-hybridized carbons (Fsp3) is 0.292. The molecule has 0 atom stereocenters. The summed E-state index contributed by atoms with van der Waals surface area (Å²) in [7, 11) is 2.00. The number of hydrogen-bond acceptors (Lipinski definition) is 2. The fourth-order valence-corrected chi connectivity index (χ4v) is 2.45. The van der Waals surface area contributed by atoms with Gasteiger partial charge in [-0.3, -0.25) is 0 Å². The Morgan fingerprint density at radius 2 is 2.04 bits per heavy atom. The summed E-state index contributed by atoms with van der Waals surface area (Å²) in [4.78, 5) is 6.38. The molecule has 0 saturated carbocycles. The van der Waals surface area contributed by atoms with E-state index in [4.69, 9.17) is 0 Å². The lowest BCUT2D eigenvalue weighted by atomic mass is 10.0. The first-order valence-corrected chi connectivity index (χ1v) is 9.17. The lowest BCUT2D eigenvalue weighted by Crippen LogP contribution is -2.09. The molecule has 1 heterocycles. The molecule has 134 valence electrons. The SMILES string of the molecule is CCC(C)=C(C#C/C1=C/C=C\C=C(/C)CC1)/C=C\N(C)c1ccccn1. The first-order valence-electron chi connectivity index (χ1n) is 9.17. The van der Waals surface area contributed by atoms with Crippen LogP contribution in [0.2, 0.25) is 0 Å². The van der Waals surface area contributed by atoms with Gasteiger partial charge in [-0.25, -0.2) is 4.98 Å². The molecule has 26 heavy (non-hydrogen) atoms. The number of aromatic nitrogens is 1. The Balaban J connectivity index is 2.18. The van der Waals surface area contributed by atoms with E-state index in [9.17, 15) is 0 Å². The van der Waals surface area contributed by atoms with Gasteiger partial charge in [0.25, 0.3) is 0 Å². The average Bonchev–Trinajstić information content (AvgIpc) is 2.66. The predicted octanol–water partition coefficient (Wildman–Crippen LogP) is 5.98. The molecule has 2 heteroatoms. The lowest BCUT2D eigenvalue weighted by molar-refractivity contribution is 0.949. The van der Waals surface area contributed by atoms with Crippen molar-refractivity contribution < 1.29 is 0 Å². The second-order valence-corrected chi connectivity index (χ2v) is 6.50. The van der Waals surface area contributed by atoms with Crippen LogP contribution in [0.3, 0.4) is 0 Å². The van der Waals surface area contributed by atoms with Crippen molar-refractivity contribution in [1.82, 2.24) is 4.98 Å². The molecular weight excluding hydrogens is 316 g/mol. The van der Waals surface area contributed by atoms with Crippen LogP contribution < -0.4 is 4.90 Å². The van der Waals surface area contributed by atoms with Crippen molar-refractivity contribution in [1.29, 1.82) is 0 Å². The van der Waals surface area contributed by atoms with Crippen LogP contribution >= 0.6 is 0 Å². The zero-order valence-corrected chi connectivity index (χ0v) is 16.3. The molecule has 0 aliphatic heterocycles. The van der Waals surface area contributed by atoms with Crippen LogP contribution in [-0.4, -0.2) is 12.0 Å². The molecule has 1 aliphatic rings. The van der Waals surface area contributed by atoms with E-state index in [1.807, 2.05) is 36.3 Å². The average molecular weight is 345 g/mol. The summed E-state index contributed by atoms with van der Waals surface area (Å²) in [5, 5.41) is 0. The van der Waals surface area contributed by atoms with E-state index >= 15 is 0 Å². The Hall–Kier alpha value is -2.79. The van der Waals surface area contributed by atoms with Crippen LogP contribution in [0.4, 0.5) is 5.82 Å². The van der Waals surface area contributed by atoms with Gasteiger partial charge in [0, 0.05) is 30.6 Å². The highest BCUT2D eigenvalue weighted by Crippen LogP contribution is 2.15. The largest absolute Gasteiger partial charge is 0.336 e. The van der Waals surface area contributed by atoms with Gasteiger partial charge in [-0.05, 0) is 51.3 Å². The highest BCUT2D eigenvalue weighted by molar-refractivity contribution is 5.49. The van der Waals surface area contributed by atoms with E-state index in [0.29, 0.717) is 0 Å². The first kappa shape index (κ1) is 19.5. The van der Waals surface area contributed by atoms with Crippen molar-refractivity contribution in [3.05, 3.63) is 83.3 Å². The molecular formula is C24H28N2. The van der Waals surface area contributed by atoms with Gasteiger partial charge >= 0.3 is 0 Å². The number of allylic oxidation sites excluding steroid dienone is 9. The number of anilines is 1. The van der Waals surface area contributed by atoms with E-state index in [0.717, 1.165) is 30.7 Å². The van der Waals surface area contributed by atoms with Crippen LogP contribution in [0.1, 0.15) is 40.0 Å². The number of nitrogens with zero attached hydrogens (tertiary/aromatic N) is 2. The standard InChI is InChI=1S/C24H28N2/c1-5-21(3)23(17-19-26(4)24-12-8-9-18-25-24)16-15-22-11-7-6-10-20(2)13-14-22/h6-12,17-19H,5,13-14H2,1-4H3/b7-6-,19-17-,20-10+,22-11+,23-21?. The van der Waals surface area contributed by atoms with E-state index in [1.54, 1.807) is 6.20 Å². The normalized spacial score (nSPS) is 20.5. The van der Waals surface area contributed by atoms with Crippen LogP contribution in [-0.2, 0) is 0 Å². The van der Waals surface area contributed by atoms with E-state index in [2.05, 4.69) is 68.0 Å². The highest BCUT2D eigenvalue weighted by Gasteiger charge is 2.00. The molecule has 0 unspecified atom stereocenters. The highest BCUT2D eigenvalue weighted by atomic mass is 15.1. The van der Waals surface area contributed by atoms with E-state index < -0.39 is 0 Å². The number of pyridine rings is 1. The molecule has 0 bridgehead atoms. The van der Waals surface area contributed by atoms with Gasteiger partial charge < -0.3 is 4.90 Å². The second kappa shape index (κ2) is 10.3. The van der Waals surface area contributed by atoms with Crippen LogP contribution in [0.25, 0.3) is 0 Å². The Bertz CT molecular complexity index is 809. The number of rotatable bonds is 4. The van der Waals surface area contributed by atoms with E-state index in [1.165, 1.54) is 16.7 Å². The molecule has 1 aliphatic carbocycles. The maximum Gasteiger partial charge on any atom is 0.132 e. The van der Waals surface area contributed by atoms with Crippen LogP contribution in [0, 0.1) is 11.8 Å². The van der Waals surface area contributed by atoms with Crippen molar-refractivity contribution in [2.75, 3.05) is 11.9 Å². The molecule has 1 aromatic rings. The smallest absolute Gasteiger partial charge is 0.132 e. The second-order valence-electron chi connectivity index (χ2n) is 6.50. The quantitative estimate of drug-likeness (QED) is 0.493. The van der Waals surface area contributed by atoms with Gasteiger partial charge in [0.05, 0.1) is 0 Å².